The van der Waals surface area contributed by atoms with Crippen molar-refractivity contribution < 1.29 is 28.1 Å². The van der Waals surface area contributed by atoms with Gasteiger partial charge in [-0.15, -0.1) is 11.8 Å². The lowest BCUT2D eigenvalue weighted by Crippen LogP contribution is -2.37. The number of hydrogen-bond acceptors (Lipinski definition) is 11. The van der Waals surface area contributed by atoms with E-state index in [1.54, 1.807) is 30.8 Å². The van der Waals surface area contributed by atoms with Crippen molar-refractivity contribution in [1.29, 1.82) is 5.26 Å². The highest BCUT2D eigenvalue weighted by molar-refractivity contribution is 7.98. The highest BCUT2D eigenvalue weighted by Gasteiger charge is 2.42. The van der Waals surface area contributed by atoms with Crippen LogP contribution in [0.15, 0.2) is 44.9 Å². The van der Waals surface area contributed by atoms with Gasteiger partial charge in [0.2, 0.25) is 0 Å². The number of aromatic amines is 1. The second-order valence-electron chi connectivity index (χ2n) is 9.87. The van der Waals surface area contributed by atoms with Crippen molar-refractivity contribution in [2.24, 2.45) is 0 Å². The Morgan fingerprint density at radius 1 is 1.24 bits per heavy atom. The van der Waals surface area contributed by atoms with Crippen LogP contribution in [0.5, 0.6) is 5.75 Å². The van der Waals surface area contributed by atoms with E-state index >= 15 is 0 Å². The zero-order chi connectivity index (χ0) is 30.1. The van der Waals surface area contributed by atoms with Crippen molar-refractivity contribution in [2.75, 3.05) is 19.5 Å². The molecule has 3 rings (SSSR count). The predicted octanol–water partition coefficient (Wildman–Crippen LogP) is 4.73. The molecule has 12 nitrogen and oxygen atoms in total. The van der Waals surface area contributed by atoms with Gasteiger partial charge in [-0.25, -0.2) is 14.3 Å². The van der Waals surface area contributed by atoms with E-state index in [1.165, 1.54) is 10.8 Å². The van der Waals surface area contributed by atoms with E-state index in [2.05, 4.69) is 15.7 Å². The van der Waals surface area contributed by atoms with Gasteiger partial charge in [0.25, 0.3) is 14.1 Å². The molecule has 1 aliphatic rings. The molecule has 1 saturated heterocycles. The fourth-order valence-corrected chi connectivity index (χ4v) is 6.43. The molecule has 0 bridgehead atoms. The van der Waals surface area contributed by atoms with Gasteiger partial charge in [-0.2, -0.15) is 5.26 Å². The van der Waals surface area contributed by atoms with Crippen LogP contribution < -0.4 is 16.0 Å². The summed E-state index contributed by atoms with van der Waals surface area (Å²) < 4.78 is 32.7. The monoisotopic (exact) mass is 608 g/mol. The highest BCUT2D eigenvalue weighted by Crippen LogP contribution is 2.50. The standard InChI is InChI=1S/C27H37N4O8PS/c1-17(2)31(18(3)4)40(36-13-7-12-28)39-22-14-24(30-15-19(5)25(32)29-26(30)33)38-23(22)16-35-27(34)37-20-8-10-21(41-6)11-9-20/h8-11,15,17-18,22-24H,7,13-14,16H2,1-6H3,(H,29,32,33)/t22-,23?,24?,40?/m1/s1. The van der Waals surface area contributed by atoms with Crippen LogP contribution in [0.25, 0.3) is 0 Å². The second kappa shape index (κ2) is 15.5. The third-order valence-electron chi connectivity index (χ3n) is 6.15. The lowest BCUT2D eigenvalue weighted by molar-refractivity contribution is -0.0518. The summed E-state index contributed by atoms with van der Waals surface area (Å²) in [5, 5.41) is 9.03. The number of aromatic nitrogens is 2. The molecule has 41 heavy (non-hydrogen) atoms. The van der Waals surface area contributed by atoms with Crippen molar-refractivity contribution in [3.63, 3.8) is 0 Å². The van der Waals surface area contributed by atoms with E-state index in [9.17, 15) is 14.4 Å². The Balaban J connectivity index is 1.81. The minimum absolute atomic E-state index is 0.0629. The molecule has 0 amide bonds. The van der Waals surface area contributed by atoms with E-state index in [-0.39, 0.29) is 38.1 Å². The van der Waals surface area contributed by atoms with E-state index in [1.807, 2.05) is 46.1 Å². The van der Waals surface area contributed by atoms with Crippen LogP contribution in [0.1, 0.15) is 52.3 Å². The molecular formula is C27H37N4O8PS. The number of carbonyl (C=O) groups is 1. The van der Waals surface area contributed by atoms with Gasteiger partial charge in [-0.05, 0) is 65.1 Å². The lowest BCUT2D eigenvalue weighted by Gasteiger charge is -2.37. The third kappa shape index (κ3) is 9.13. The number of nitriles is 1. The van der Waals surface area contributed by atoms with Crippen molar-refractivity contribution in [1.82, 2.24) is 14.2 Å². The van der Waals surface area contributed by atoms with Crippen LogP contribution in [-0.4, -0.2) is 64.1 Å². The summed E-state index contributed by atoms with van der Waals surface area (Å²) >= 11 is 1.57. The number of hydrogen-bond donors (Lipinski definition) is 1. The molecule has 2 heterocycles. The molecule has 0 radical (unpaired) electrons. The first-order chi connectivity index (χ1) is 19.5. The molecule has 1 fully saturated rings. The Morgan fingerprint density at radius 2 is 1.93 bits per heavy atom. The molecule has 0 spiro atoms. The molecule has 0 saturated carbocycles. The summed E-state index contributed by atoms with van der Waals surface area (Å²) in [6, 6.07) is 9.20. The molecule has 0 aliphatic carbocycles. The van der Waals surface area contributed by atoms with Crippen LogP contribution in [0.4, 0.5) is 4.79 Å². The number of aryl methyl sites for hydroxylation is 1. The predicted molar refractivity (Wildman–Crippen MR) is 155 cm³/mol. The molecule has 4 atom stereocenters. The maximum atomic E-state index is 12.6. The summed E-state index contributed by atoms with van der Waals surface area (Å²) in [5.41, 5.74) is -0.768. The number of nitrogens with zero attached hydrogens (tertiary/aromatic N) is 3. The fraction of sp³-hybridized carbons (Fsp3) is 0.556. The molecule has 14 heteroatoms. The molecule has 1 aromatic carbocycles. The number of carbonyl (C=O) groups excluding carboxylic acids is 1. The highest BCUT2D eigenvalue weighted by atomic mass is 32.2. The van der Waals surface area contributed by atoms with Crippen LogP contribution in [-0.2, 0) is 18.5 Å². The summed E-state index contributed by atoms with van der Waals surface area (Å²) in [7, 11) is -1.65. The molecule has 224 valence electrons. The van der Waals surface area contributed by atoms with E-state index in [4.69, 9.17) is 28.5 Å². The largest absolute Gasteiger partial charge is 0.513 e. The molecule has 2 aromatic rings. The molecular weight excluding hydrogens is 571 g/mol. The van der Waals surface area contributed by atoms with Crippen LogP contribution in [0, 0.1) is 18.3 Å². The Morgan fingerprint density at radius 3 is 2.54 bits per heavy atom. The second-order valence-corrected chi connectivity index (χ2v) is 12.2. The Bertz CT molecular complexity index is 1300. The number of thioether (sulfide) groups is 1. The van der Waals surface area contributed by atoms with Gasteiger partial charge >= 0.3 is 11.8 Å². The quantitative estimate of drug-likeness (QED) is 0.111. The van der Waals surface area contributed by atoms with Crippen LogP contribution >= 0.6 is 20.3 Å². The van der Waals surface area contributed by atoms with E-state index < -0.39 is 44.4 Å². The molecule has 3 unspecified atom stereocenters. The zero-order valence-corrected chi connectivity index (χ0v) is 25.8. The zero-order valence-electron chi connectivity index (χ0n) is 24.1. The van der Waals surface area contributed by atoms with Crippen molar-refractivity contribution in [2.45, 2.75) is 82.9 Å². The van der Waals surface area contributed by atoms with Crippen molar-refractivity contribution >= 4 is 26.4 Å². The summed E-state index contributed by atoms with van der Waals surface area (Å²) in [5.74, 6) is 0.333. The Labute approximate surface area is 244 Å². The number of benzene rings is 1. The smallest absolute Gasteiger partial charge is 0.431 e. The van der Waals surface area contributed by atoms with Crippen molar-refractivity contribution in [3.8, 4) is 11.8 Å². The maximum absolute atomic E-state index is 12.6. The van der Waals surface area contributed by atoms with Gasteiger partial charge in [0, 0.05) is 35.2 Å². The third-order valence-corrected chi connectivity index (χ3v) is 9.05. The van der Waals surface area contributed by atoms with Gasteiger partial charge in [0.15, 0.2) is 0 Å². The number of nitrogens with one attached hydrogen (secondary N) is 1. The first-order valence-electron chi connectivity index (χ1n) is 13.2. The van der Waals surface area contributed by atoms with Crippen LogP contribution in [0.3, 0.4) is 0 Å². The summed E-state index contributed by atoms with van der Waals surface area (Å²) in [4.78, 5) is 40.3. The minimum atomic E-state index is -1.65. The first kappa shape index (κ1) is 32.8. The van der Waals surface area contributed by atoms with E-state index in [0.717, 1.165) is 4.90 Å². The molecule has 1 aromatic heterocycles. The fourth-order valence-electron chi connectivity index (χ4n) is 4.26. The lowest BCUT2D eigenvalue weighted by atomic mass is 10.2. The summed E-state index contributed by atoms with van der Waals surface area (Å²) in [6.45, 7) is 9.62. The van der Waals surface area contributed by atoms with Crippen molar-refractivity contribution in [3.05, 3.63) is 56.9 Å². The number of rotatable bonds is 13. The van der Waals surface area contributed by atoms with Gasteiger partial charge in [0.1, 0.15) is 24.7 Å². The number of H-pyrrole nitrogens is 1. The van der Waals surface area contributed by atoms with E-state index in [0.29, 0.717) is 11.3 Å². The Kier molecular flexibility index (Phi) is 12.4. The maximum Gasteiger partial charge on any atom is 0.513 e. The normalized spacial score (nSPS) is 19.5. The first-order valence-corrected chi connectivity index (χ1v) is 15.6. The summed E-state index contributed by atoms with van der Waals surface area (Å²) in [6.07, 6.45) is 0.643. The SMILES string of the molecule is CSc1ccc(OC(=O)OCC2OC(n3cc(C)c(=O)[nH]c3=O)C[C@H]2OP(OCCC#N)N(C(C)C)C(C)C)cc1. The van der Waals surface area contributed by atoms with Gasteiger partial charge in [-0.3, -0.25) is 14.3 Å². The molecule has 1 N–H and O–H groups in total. The average molecular weight is 609 g/mol. The van der Waals surface area contributed by atoms with Gasteiger partial charge < -0.3 is 23.3 Å². The molecule has 1 aliphatic heterocycles. The minimum Gasteiger partial charge on any atom is -0.431 e. The number of ether oxygens (including phenoxy) is 3. The van der Waals surface area contributed by atoms with Crippen LogP contribution in [0.2, 0.25) is 0 Å². The van der Waals surface area contributed by atoms with Gasteiger partial charge in [-0.1, -0.05) is 0 Å². The topological polar surface area (TPSA) is 145 Å². The van der Waals surface area contributed by atoms with Gasteiger partial charge in [0.05, 0.1) is 25.2 Å². The Hall–Kier alpha value is -2.72. The average Bonchev–Trinajstić information content (AvgIpc) is 3.31.